The topological polar surface area (TPSA) is 52.0 Å². The first-order valence-corrected chi connectivity index (χ1v) is 4.69. The van der Waals surface area contributed by atoms with Crippen LogP contribution in [0.2, 0.25) is 0 Å². The molecule has 0 radical (unpaired) electrons. The SMILES string of the molecule is CC.CC#Cc1ccc(N)cc1.CN. The fourth-order valence-electron chi connectivity index (χ4n) is 0.711. The second kappa shape index (κ2) is 11.5. The van der Waals surface area contributed by atoms with Gasteiger partial charge in [0.15, 0.2) is 0 Å². The van der Waals surface area contributed by atoms with Crippen molar-refractivity contribution in [1.82, 2.24) is 0 Å². The van der Waals surface area contributed by atoms with Crippen LogP contribution in [0.25, 0.3) is 0 Å². The van der Waals surface area contributed by atoms with Gasteiger partial charge in [-0.2, -0.15) is 0 Å². The summed E-state index contributed by atoms with van der Waals surface area (Å²) in [6.07, 6.45) is 0. The lowest BCUT2D eigenvalue weighted by molar-refractivity contribution is 1.48. The molecule has 0 unspecified atom stereocenters. The van der Waals surface area contributed by atoms with E-state index in [1.165, 1.54) is 7.05 Å². The highest BCUT2D eigenvalue weighted by atomic mass is 14.5. The largest absolute Gasteiger partial charge is 0.399 e. The molecule has 0 heterocycles. The molecule has 78 valence electrons. The third kappa shape index (κ3) is 7.20. The molecular weight excluding hydrogens is 172 g/mol. The molecule has 1 aromatic rings. The summed E-state index contributed by atoms with van der Waals surface area (Å²) in [4.78, 5) is 0. The van der Waals surface area contributed by atoms with E-state index in [0.29, 0.717) is 0 Å². The lowest BCUT2D eigenvalue weighted by atomic mass is 10.2. The smallest absolute Gasteiger partial charge is 0.0314 e. The molecule has 1 rings (SSSR count). The molecule has 0 amide bonds. The molecule has 1 aromatic carbocycles. The lowest BCUT2D eigenvalue weighted by Crippen LogP contribution is -1.82. The Bertz CT molecular complexity index is 265. The highest BCUT2D eigenvalue weighted by Crippen LogP contribution is 2.03. The molecule has 0 bridgehead atoms. The van der Waals surface area contributed by atoms with Crippen LogP contribution in [-0.2, 0) is 0 Å². The summed E-state index contributed by atoms with van der Waals surface area (Å²) >= 11 is 0. The van der Waals surface area contributed by atoms with E-state index < -0.39 is 0 Å². The lowest BCUT2D eigenvalue weighted by Gasteiger charge is -1.90. The summed E-state index contributed by atoms with van der Waals surface area (Å²) in [6.45, 7) is 5.82. The number of rotatable bonds is 0. The molecule has 14 heavy (non-hydrogen) atoms. The second-order valence-electron chi connectivity index (χ2n) is 2.00. The van der Waals surface area contributed by atoms with Crippen LogP contribution in [0.3, 0.4) is 0 Å². The van der Waals surface area contributed by atoms with Gasteiger partial charge in [0.2, 0.25) is 0 Å². The van der Waals surface area contributed by atoms with Crippen molar-refractivity contribution in [2.24, 2.45) is 5.73 Å². The predicted octanol–water partition coefficient (Wildman–Crippen LogP) is 2.24. The van der Waals surface area contributed by atoms with Gasteiger partial charge in [0.05, 0.1) is 0 Å². The standard InChI is InChI=1S/C9H9N.C2H6.CH5N/c1-2-3-8-4-6-9(10)7-5-8;2*1-2/h4-7H,10H2,1H3;1-2H3;2H2,1H3. The molecule has 2 nitrogen and oxygen atoms in total. The summed E-state index contributed by atoms with van der Waals surface area (Å²) in [5.41, 5.74) is 11.8. The molecule has 0 saturated heterocycles. The molecule has 0 spiro atoms. The van der Waals surface area contributed by atoms with Crippen LogP contribution >= 0.6 is 0 Å². The van der Waals surface area contributed by atoms with Gasteiger partial charge >= 0.3 is 0 Å². The molecule has 0 aliphatic carbocycles. The Labute approximate surface area is 87.3 Å². The molecule has 2 heteroatoms. The van der Waals surface area contributed by atoms with Crippen molar-refractivity contribution in [3.8, 4) is 11.8 Å². The fourth-order valence-corrected chi connectivity index (χ4v) is 0.711. The van der Waals surface area contributed by atoms with Gasteiger partial charge in [-0.05, 0) is 38.2 Å². The molecule has 0 fully saturated rings. The minimum absolute atomic E-state index is 0.779. The highest BCUT2D eigenvalue weighted by Gasteiger charge is 1.83. The maximum absolute atomic E-state index is 5.47. The minimum Gasteiger partial charge on any atom is -0.399 e. The van der Waals surface area contributed by atoms with Gasteiger partial charge in [-0.1, -0.05) is 19.8 Å². The Hall–Kier alpha value is -1.46. The van der Waals surface area contributed by atoms with Crippen molar-refractivity contribution in [3.05, 3.63) is 29.8 Å². The summed E-state index contributed by atoms with van der Waals surface area (Å²) in [5, 5.41) is 0. The molecule has 0 aliphatic heterocycles. The quantitative estimate of drug-likeness (QED) is 0.489. The van der Waals surface area contributed by atoms with Gasteiger partial charge in [0, 0.05) is 11.3 Å². The summed E-state index contributed by atoms with van der Waals surface area (Å²) < 4.78 is 0. The number of hydrogen-bond acceptors (Lipinski definition) is 2. The molecule has 4 N–H and O–H groups in total. The first-order chi connectivity index (χ1) is 6.83. The van der Waals surface area contributed by atoms with Gasteiger partial charge < -0.3 is 11.5 Å². The zero-order chi connectivity index (χ0) is 11.4. The van der Waals surface area contributed by atoms with Crippen molar-refractivity contribution in [2.75, 3.05) is 12.8 Å². The van der Waals surface area contributed by atoms with Crippen LogP contribution in [0, 0.1) is 11.8 Å². The van der Waals surface area contributed by atoms with Gasteiger partial charge in [0.25, 0.3) is 0 Å². The van der Waals surface area contributed by atoms with Crippen molar-refractivity contribution >= 4 is 5.69 Å². The van der Waals surface area contributed by atoms with E-state index in [1.54, 1.807) is 0 Å². The maximum atomic E-state index is 5.47. The van der Waals surface area contributed by atoms with Crippen molar-refractivity contribution in [1.29, 1.82) is 0 Å². The van der Waals surface area contributed by atoms with Crippen LogP contribution in [0.4, 0.5) is 5.69 Å². The van der Waals surface area contributed by atoms with Crippen LogP contribution in [0.15, 0.2) is 24.3 Å². The fraction of sp³-hybridized carbons (Fsp3) is 0.333. The molecule has 0 aromatic heterocycles. The summed E-state index contributed by atoms with van der Waals surface area (Å²) in [5.74, 6) is 5.74. The van der Waals surface area contributed by atoms with Gasteiger partial charge in [0.1, 0.15) is 0 Å². The summed E-state index contributed by atoms with van der Waals surface area (Å²) in [7, 11) is 1.50. The Morgan fingerprint density at radius 3 is 1.79 bits per heavy atom. The van der Waals surface area contributed by atoms with E-state index in [1.807, 2.05) is 45.0 Å². The van der Waals surface area contributed by atoms with E-state index in [9.17, 15) is 0 Å². The Balaban J connectivity index is 0. The maximum Gasteiger partial charge on any atom is 0.0314 e. The minimum atomic E-state index is 0.779. The van der Waals surface area contributed by atoms with Crippen LogP contribution in [0.1, 0.15) is 26.3 Å². The first kappa shape index (κ1) is 15.0. The number of nitrogen functional groups attached to an aromatic ring is 1. The van der Waals surface area contributed by atoms with Crippen LogP contribution in [-0.4, -0.2) is 7.05 Å². The van der Waals surface area contributed by atoms with Crippen molar-refractivity contribution < 1.29 is 0 Å². The number of nitrogens with two attached hydrogens (primary N) is 2. The van der Waals surface area contributed by atoms with E-state index in [-0.39, 0.29) is 0 Å². The van der Waals surface area contributed by atoms with Gasteiger partial charge in [-0.15, -0.1) is 5.92 Å². The summed E-state index contributed by atoms with van der Waals surface area (Å²) in [6, 6.07) is 7.51. The van der Waals surface area contributed by atoms with Gasteiger partial charge in [-0.25, -0.2) is 0 Å². The second-order valence-corrected chi connectivity index (χ2v) is 2.00. The van der Waals surface area contributed by atoms with Crippen molar-refractivity contribution in [3.63, 3.8) is 0 Å². The average molecular weight is 192 g/mol. The molecule has 0 aliphatic rings. The van der Waals surface area contributed by atoms with E-state index >= 15 is 0 Å². The zero-order valence-electron chi connectivity index (χ0n) is 9.46. The number of anilines is 1. The molecule has 0 atom stereocenters. The van der Waals surface area contributed by atoms with Crippen LogP contribution < -0.4 is 11.5 Å². The van der Waals surface area contributed by atoms with E-state index in [0.717, 1.165) is 11.3 Å². The Kier molecular flexibility index (Phi) is 12.4. The number of benzene rings is 1. The monoisotopic (exact) mass is 192 g/mol. The first-order valence-electron chi connectivity index (χ1n) is 4.69. The van der Waals surface area contributed by atoms with Gasteiger partial charge in [-0.3, -0.25) is 0 Å². The third-order valence-electron chi connectivity index (χ3n) is 1.18. The van der Waals surface area contributed by atoms with E-state index in [2.05, 4.69) is 17.6 Å². The van der Waals surface area contributed by atoms with Crippen molar-refractivity contribution in [2.45, 2.75) is 20.8 Å². The Morgan fingerprint density at radius 2 is 1.43 bits per heavy atom. The zero-order valence-corrected chi connectivity index (χ0v) is 9.46. The predicted molar refractivity (Wildman–Crippen MR) is 64.9 cm³/mol. The molecule has 0 saturated carbocycles. The average Bonchev–Trinajstić information content (AvgIpc) is 2.28. The normalized spacial score (nSPS) is 6.64. The third-order valence-corrected chi connectivity index (χ3v) is 1.18. The van der Waals surface area contributed by atoms with Crippen LogP contribution in [0.5, 0.6) is 0 Å². The van der Waals surface area contributed by atoms with E-state index in [4.69, 9.17) is 5.73 Å². The Morgan fingerprint density at radius 1 is 1.00 bits per heavy atom. The molecular formula is C12H20N2. The highest BCUT2D eigenvalue weighted by molar-refractivity contribution is 5.44. The number of hydrogen-bond donors (Lipinski definition) is 2.